The molecule has 11 nitrogen and oxygen atoms in total. The molecule has 0 bridgehead atoms. The van der Waals surface area contributed by atoms with Crippen LogP contribution in [0.3, 0.4) is 0 Å². The van der Waals surface area contributed by atoms with E-state index in [0.717, 1.165) is 74.1 Å². The summed E-state index contributed by atoms with van der Waals surface area (Å²) in [5, 5.41) is 4.38. The van der Waals surface area contributed by atoms with Crippen LogP contribution in [0.5, 0.6) is 6.01 Å². The van der Waals surface area contributed by atoms with Gasteiger partial charge in [0.2, 0.25) is 0 Å². The third-order valence-corrected chi connectivity index (χ3v) is 9.64. The van der Waals surface area contributed by atoms with Gasteiger partial charge in [-0.05, 0) is 51.2 Å². The minimum absolute atomic E-state index is 0. The van der Waals surface area contributed by atoms with E-state index >= 15 is 0 Å². The summed E-state index contributed by atoms with van der Waals surface area (Å²) < 4.78 is 17.3. The normalized spacial score (nSPS) is 23.4. The highest BCUT2D eigenvalue weighted by molar-refractivity contribution is 7.99. The lowest BCUT2D eigenvalue weighted by Gasteiger charge is -2.41. The van der Waals surface area contributed by atoms with Crippen LogP contribution in [0.1, 0.15) is 39.0 Å². The lowest BCUT2D eigenvalue weighted by atomic mass is 9.73. The Morgan fingerprint density at radius 2 is 1.95 bits per heavy atom. The van der Waals surface area contributed by atoms with Gasteiger partial charge >= 0.3 is 6.01 Å². The van der Waals surface area contributed by atoms with Gasteiger partial charge in [-0.25, -0.2) is 19.9 Å². The number of hydrogen-bond acceptors (Lipinski definition) is 12. The summed E-state index contributed by atoms with van der Waals surface area (Å²) in [6, 6.07) is 3.96. The van der Waals surface area contributed by atoms with Crippen LogP contribution in [0, 0.1) is 5.41 Å². The molecule has 3 aliphatic rings. The molecule has 3 saturated heterocycles. The first-order chi connectivity index (χ1) is 20.0. The Morgan fingerprint density at radius 3 is 2.67 bits per heavy atom. The van der Waals surface area contributed by atoms with Crippen LogP contribution in [-0.2, 0) is 9.47 Å². The Morgan fingerprint density at radius 1 is 1.12 bits per heavy atom. The monoisotopic (exact) mass is 634 g/mol. The van der Waals surface area contributed by atoms with E-state index in [1.807, 2.05) is 12.3 Å². The van der Waals surface area contributed by atoms with Crippen LogP contribution in [0.4, 0.5) is 17.5 Å². The lowest BCUT2D eigenvalue weighted by Crippen LogP contribution is -2.50. The summed E-state index contributed by atoms with van der Waals surface area (Å²) in [4.78, 5) is 25.5. The fraction of sp³-hybridized carbons (Fsp3) is 0.536. The summed E-state index contributed by atoms with van der Waals surface area (Å²) in [6.07, 6.45) is 12.3. The molecule has 42 heavy (non-hydrogen) atoms. The fourth-order valence-electron chi connectivity index (χ4n) is 5.59. The fourth-order valence-corrected chi connectivity index (χ4v) is 6.62. The van der Waals surface area contributed by atoms with Crippen LogP contribution >= 0.6 is 35.8 Å². The zero-order chi connectivity index (χ0) is 28.2. The molecule has 0 radical (unpaired) electrons. The van der Waals surface area contributed by atoms with E-state index in [1.54, 1.807) is 24.7 Å². The first-order valence-electron chi connectivity index (χ1n) is 14.1. The first-order valence-corrected chi connectivity index (χ1v) is 15.3. The Hall–Kier alpha value is -2.48. The summed E-state index contributed by atoms with van der Waals surface area (Å²) in [6.45, 7) is 5.79. The van der Waals surface area contributed by atoms with E-state index in [2.05, 4.69) is 37.1 Å². The van der Waals surface area contributed by atoms with Crippen molar-refractivity contribution >= 4 is 53.2 Å². The SMILES string of the molecule is C[C@@H]1OCC2(CCN(c3cnc(Sc4ccnc(Nc5ccnc(OC[C@@H]6CCCCO6)n5)c4Cl)cn3)CC2)[C@@H]1N.Cl. The zero-order valence-corrected chi connectivity index (χ0v) is 25.8. The predicted molar refractivity (Wildman–Crippen MR) is 164 cm³/mol. The molecule has 3 aromatic rings. The molecule has 0 aromatic carbocycles. The largest absolute Gasteiger partial charge is 0.461 e. The zero-order valence-electron chi connectivity index (χ0n) is 23.4. The highest BCUT2D eigenvalue weighted by Crippen LogP contribution is 2.42. The molecule has 14 heteroatoms. The third-order valence-electron chi connectivity index (χ3n) is 8.16. The molecule has 3 aliphatic heterocycles. The second kappa shape index (κ2) is 13.9. The van der Waals surface area contributed by atoms with Crippen molar-refractivity contribution in [3.05, 3.63) is 41.9 Å². The topological polar surface area (TPSA) is 133 Å². The van der Waals surface area contributed by atoms with Gasteiger partial charge in [0.1, 0.15) is 23.3 Å². The van der Waals surface area contributed by atoms with Crippen molar-refractivity contribution in [2.24, 2.45) is 11.1 Å². The van der Waals surface area contributed by atoms with E-state index in [4.69, 9.17) is 36.5 Å². The van der Waals surface area contributed by atoms with Crippen molar-refractivity contribution in [1.82, 2.24) is 24.9 Å². The highest BCUT2D eigenvalue weighted by atomic mass is 35.5. The average molecular weight is 636 g/mol. The van der Waals surface area contributed by atoms with E-state index in [9.17, 15) is 0 Å². The molecule has 0 unspecified atom stereocenters. The maximum Gasteiger partial charge on any atom is 0.318 e. The van der Waals surface area contributed by atoms with Gasteiger partial charge in [-0.1, -0.05) is 23.4 Å². The standard InChI is InChI=1S/C28H35ClN8O3S.ClH/c1-18-25(30)28(17-40-18)7-11-37(12-8-28)22-14-34-23(15-33-22)41-20-5-9-31-26(24(20)29)35-21-6-10-32-27(36-21)39-16-19-4-2-3-13-38-19;/h5-6,9-10,14-15,18-19,25H,2-4,7-8,11-13,16-17,30H2,1H3,(H,31,32,35,36);1H/t18-,19-,25+;/m0./s1. The number of anilines is 3. The summed E-state index contributed by atoms with van der Waals surface area (Å²) in [5.41, 5.74) is 6.54. The van der Waals surface area contributed by atoms with Crippen molar-refractivity contribution in [1.29, 1.82) is 0 Å². The summed E-state index contributed by atoms with van der Waals surface area (Å²) >= 11 is 8.16. The van der Waals surface area contributed by atoms with Crippen molar-refractivity contribution in [2.45, 2.75) is 67.2 Å². The lowest BCUT2D eigenvalue weighted by molar-refractivity contribution is -0.0128. The Balaban J connectivity index is 0.00000353. The Bertz CT molecular complexity index is 1330. The van der Waals surface area contributed by atoms with Crippen molar-refractivity contribution in [3.63, 3.8) is 0 Å². The second-order valence-corrected chi connectivity index (χ2v) is 12.3. The molecule has 3 fully saturated rings. The molecule has 0 saturated carbocycles. The number of piperidine rings is 1. The number of aromatic nitrogens is 5. The van der Waals surface area contributed by atoms with Gasteiger partial charge in [0.15, 0.2) is 5.82 Å². The number of nitrogens with zero attached hydrogens (tertiary/aromatic N) is 6. The van der Waals surface area contributed by atoms with Gasteiger partial charge in [0.25, 0.3) is 0 Å². The minimum Gasteiger partial charge on any atom is -0.461 e. The number of ether oxygens (including phenoxy) is 3. The minimum atomic E-state index is 0. The third kappa shape index (κ3) is 7.00. The number of nitrogens with one attached hydrogen (secondary N) is 1. The highest BCUT2D eigenvalue weighted by Gasteiger charge is 2.47. The molecule has 3 N–H and O–H groups in total. The Kier molecular flexibility index (Phi) is 10.2. The van der Waals surface area contributed by atoms with E-state index in [0.29, 0.717) is 23.3 Å². The molecule has 3 aromatic heterocycles. The average Bonchev–Trinajstić information content (AvgIpc) is 3.28. The van der Waals surface area contributed by atoms with Crippen molar-refractivity contribution in [3.8, 4) is 6.01 Å². The van der Waals surface area contributed by atoms with Crippen LogP contribution < -0.4 is 20.7 Å². The maximum atomic E-state index is 6.73. The molecule has 0 aliphatic carbocycles. The number of hydrogen-bond donors (Lipinski definition) is 2. The van der Waals surface area contributed by atoms with Gasteiger partial charge in [-0.3, -0.25) is 0 Å². The molecular formula is C28H36Cl2N8O3S. The number of pyridine rings is 1. The van der Waals surface area contributed by atoms with Gasteiger partial charge in [0.05, 0.1) is 36.2 Å². The summed E-state index contributed by atoms with van der Waals surface area (Å²) in [5.74, 6) is 1.88. The molecule has 1 spiro atoms. The van der Waals surface area contributed by atoms with E-state index in [1.165, 1.54) is 11.8 Å². The number of rotatable bonds is 8. The number of nitrogens with two attached hydrogens (primary N) is 1. The van der Waals surface area contributed by atoms with Crippen molar-refractivity contribution < 1.29 is 14.2 Å². The van der Waals surface area contributed by atoms with Crippen molar-refractivity contribution in [2.75, 3.05) is 43.1 Å². The van der Waals surface area contributed by atoms with Crippen LogP contribution in [0.2, 0.25) is 5.02 Å². The van der Waals surface area contributed by atoms with Gasteiger partial charge in [0, 0.05) is 48.4 Å². The molecule has 3 atom stereocenters. The number of halogens is 2. The quantitative estimate of drug-likeness (QED) is 0.348. The van der Waals surface area contributed by atoms with Gasteiger partial charge in [-0.2, -0.15) is 4.98 Å². The molecular weight excluding hydrogens is 599 g/mol. The maximum absolute atomic E-state index is 6.73. The molecule has 0 amide bonds. The smallest absolute Gasteiger partial charge is 0.318 e. The van der Waals surface area contributed by atoms with Crippen LogP contribution in [0.25, 0.3) is 0 Å². The summed E-state index contributed by atoms with van der Waals surface area (Å²) in [7, 11) is 0. The Labute approximate surface area is 261 Å². The van der Waals surface area contributed by atoms with Gasteiger partial charge < -0.3 is 30.2 Å². The van der Waals surface area contributed by atoms with Gasteiger partial charge in [-0.15, -0.1) is 12.4 Å². The van der Waals surface area contributed by atoms with E-state index < -0.39 is 0 Å². The molecule has 226 valence electrons. The van der Waals surface area contributed by atoms with E-state index in [-0.39, 0.29) is 42.1 Å². The van der Waals surface area contributed by atoms with Crippen LogP contribution in [-0.4, -0.2) is 76.1 Å². The first kappa shape index (κ1) is 31.0. The van der Waals surface area contributed by atoms with Crippen LogP contribution in [0.15, 0.2) is 46.8 Å². The predicted octanol–water partition coefficient (Wildman–Crippen LogP) is 4.91. The molecule has 6 rings (SSSR count). The molecule has 6 heterocycles. The second-order valence-electron chi connectivity index (χ2n) is 10.8.